The molecule has 1 aliphatic rings. The van der Waals surface area contributed by atoms with Gasteiger partial charge in [-0.1, -0.05) is 12.1 Å². The van der Waals surface area contributed by atoms with E-state index in [2.05, 4.69) is 16.3 Å². The number of thiophene rings is 1. The van der Waals surface area contributed by atoms with Crippen LogP contribution in [0.15, 0.2) is 35.7 Å². The fourth-order valence-corrected chi connectivity index (χ4v) is 3.44. The lowest BCUT2D eigenvalue weighted by atomic mass is 9.80. The van der Waals surface area contributed by atoms with Crippen LogP contribution in [0.1, 0.15) is 10.4 Å². The maximum Gasteiger partial charge on any atom is 0.488 e. The minimum atomic E-state index is -1.45. The minimum Gasteiger partial charge on any atom is -0.492 e. The number of nitrogens with zero attached hydrogens (tertiary/aromatic N) is 1. The summed E-state index contributed by atoms with van der Waals surface area (Å²) in [6.45, 7) is 3.55. The van der Waals surface area contributed by atoms with Crippen LogP contribution < -0.4 is 10.2 Å². The summed E-state index contributed by atoms with van der Waals surface area (Å²) in [7, 11) is -1.45. The highest BCUT2D eigenvalue weighted by atomic mass is 32.1. The van der Waals surface area contributed by atoms with Crippen LogP contribution in [0.25, 0.3) is 0 Å². The summed E-state index contributed by atoms with van der Waals surface area (Å²) in [4.78, 5) is 3.90. The average Bonchev–Trinajstić information content (AvgIpc) is 2.95. The van der Waals surface area contributed by atoms with Crippen molar-refractivity contribution in [1.29, 1.82) is 0 Å². The van der Waals surface area contributed by atoms with Gasteiger partial charge in [-0.25, -0.2) is 0 Å². The third kappa shape index (κ3) is 3.65. The zero-order valence-electron chi connectivity index (χ0n) is 11.7. The molecule has 0 atom stereocenters. The molecule has 2 heterocycles. The second kappa shape index (κ2) is 6.62. The Labute approximate surface area is 128 Å². The summed E-state index contributed by atoms with van der Waals surface area (Å²) in [6, 6.07) is 9.14. The van der Waals surface area contributed by atoms with Crippen LogP contribution in [0.5, 0.6) is 5.75 Å². The summed E-state index contributed by atoms with van der Waals surface area (Å²) in [5.41, 5.74) is 1.89. The highest BCUT2D eigenvalue weighted by Crippen LogP contribution is 2.23. The van der Waals surface area contributed by atoms with E-state index >= 15 is 0 Å². The van der Waals surface area contributed by atoms with Crippen molar-refractivity contribution >= 4 is 23.9 Å². The molecule has 1 aromatic heterocycles. The monoisotopic (exact) mass is 303 g/mol. The van der Waals surface area contributed by atoms with Crippen LogP contribution in [0, 0.1) is 0 Å². The van der Waals surface area contributed by atoms with Gasteiger partial charge < -0.3 is 14.8 Å². The number of rotatable bonds is 5. The number of hydrogen-bond acceptors (Lipinski definition) is 5. The maximum absolute atomic E-state index is 9.14. The Morgan fingerprint density at radius 2 is 2.19 bits per heavy atom. The first kappa shape index (κ1) is 14.6. The topological polar surface area (TPSA) is 52.9 Å². The zero-order chi connectivity index (χ0) is 14.7. The van der Waals surface area contributed by atoms with E-state index in [1.165, 1.54) is 10.4 Å². The van der Waals surface area contributed by atoms with E-state index in [1.807, 2.05) is 17.4 Å². The molecule has 0 unspecified atom stereocenters. The highest BCUT2D eigenvalue weighted by Gasteiger charge is 2.17. The van der Waals surface area contributed by atoms with Gasteiger partial charge in [-0.05, 0) is 41.0 Å². The van der Waals surface area contributed by atoms with Crippen LogP contribution in [-0.4, -0.2) is 41.8 Å². The Hall–Kier alpha value is -1.34. The molecule has 0 aliphatic carbocycles. The normalized spacial score (nSPS) is 14.8. The molecule has 0 bridgehead atoms. The van der Waals surface area contributed by atoms with Gasteiger partial charge >= 0.3 is 7.12 Å². The van der Waals surface area contributed by atoms with Gasteiger partial charge in [0.05, 0.1) is 0 Å². The molecule has 0 spiro atoms. The van der Waals surface area contributed by atoms with E-state index in [1.54, 1.807) is 18.2 Å². The first-order chi connectivity index (χ1) is 10.2. The molecular formula is C15H18BNO3S. The Kier molecular flexibility index (Phi) is 4.60. The molecule has 0 radical (unpaired) electrons. The second-order valence-corrected chi connectivity index (χ2v) is 6.19. The van der Waals surface area contributed by atoms with Crippen molar-refractivity contribution < 1.29 is 14.8 Å². The fourth-order valence-electron chi connectivity index (χ4n) is 2.56. The van der Waals surface area contributed by atoms with Gasteiger partial charge in [-0.3, -0.25) is 4.90 Å². The van der Waals surface area contributed by atoms with E-state index in [0.717, 1.165) is 26.1 Å². The van der Waals surface area contributed by atoms with Crippen molar-refractivity contribution in [3.05, 3.63) is 46.2 Å². The Balaban J connectivity index is 1.49. The lowest BCUT2D eigenvalue weighted by molar-refractivity contribution is 0.197. The van der Waals surface area contributed by atoms with E-state index in [4.69, 9.17) is 14.8 Å². The predicted molar refractivity (Wildman–Crippen MR) is 85.1 cm³/mol. The summed E-state index contributed by atoms with van der Waals surface area (Å²) in [5, 5.41) is 20.4. The third-order valence-electron chi connectivity index (χ3n) is 3.72. The molecule has 2 N–H and O–H groups in total. The number of fused-ring (bicyclic) bond motifs is 1. The van der Waals surface area contributed by atoms with Crippen molar-refractivity contribution in [3.63, 3.8) is 0 Å². The number of hydrogen-bond donors (Lipinski definition) is 2. The lowest BCUT2D eigenvalue weighted by Crippen LogP contribution is -2.33. The summed E-state index contributed by atoms with van der Waals surface area (Å²) >= 11 is 1.85. The quantitative estimate of drug-likeness (QED) is 0.805. The van der Waals surface area contributed by atoms with Gasteiger partial charge in [-0.2, -0.15) is 0 Å². The summed E-state index contributed by atoms with van der Waals surface area (Å²) in [6.07, 6.45) is 1.12. The van der Waals surface area contributed by atoms with Crippen LogP contribution in [0.2, 0.25) is 0 Å². The van der Waals surface area contributed by atoms with Crippen molar-refractivity contribution in [2.45, 2.75) is 13.0 Å². The number of ether oxygens (including phenoxy) is 1. The second-order valence-electron chi connectivity index (χ2n) is 5.19. The molecule has 0 amide bonds. The van der Waals surface area contributed by atoms with Crippen molar-refractivity contribution in [1.82, 2.24) is 4.90 Å². The van der Waals surface area contributed by atoms with E-state index < -0.39 is 7.12 Å². The molecule has 110 valence electrons. The largest absolute Gasteiger partial charge is 0.492 e. The van der Waals surface area contributed by atoms with Gasteiger partial charge in [0.1, 0.15) is 12.4 Å². The van der Waals surface area contributed by atoms with Crippen LogP contribution in [-0.2, 0) is 13.0 Å². The molecule has 6 heteroatoms. The van der Waals surface area contributed by atoms with Gasteiger partial charge in [0, 0.05) is 24.5 Å². The SMILES string of the molecule is OB(O)c1cccc(OCCN2CCc3sccc3C2)c1. The number of benzene rings is 1. The van der Waals surface area contributed by atoms with E-state index in [9.17, 15) is 0 Å². The summed E-state index contributed by atoms with van der Waals surface area (Å²) in [5.74, 6) is 0.675. The molecule has 4 nitrogen and oxygen atoms in total. The molecular weight excluding hydrogens is 285 g/mol. The van der Waals surface area contributed by atoms with Crippen molar-refractivity contribution in [3.8, 4) is 5.75 Å². The molecule has 0 saturated carbocycles. The van der Waals surface area contributed by atoms with Crippen LogP contribution in [0.4, 0.5) is 0 Å². The molecule has 0 saturated heterocycles. The molecule has 0 fully saturated rings. The molecule has 1 aromatic carbocycles. The average molecular weight is 303 g/mol. The molecule has 2 aromatic rings. The summed E-state index contributed by atoms with van der Waals surface area (Å²) < 4.78 is 5.71. The van der Waals surface area contributed by atoms with Gasteiger partial charge in [0.25, 0.3) is 0 Å². The van der Waals surface area contributed by atoms with Crippen LogP contribution in [0.3, 0.4) is 0 Å². The van der Waals surface area contributed by atoms with E-state index in [0.29, 0.717) is 17.8 Å². The first-order valence-corrected chi connectivity index (χ1v) is 7.97. The zero-order valence-corrected chi connectivity index (χ0v) is 12.6. The Morgan fingerprint density at radius 1 is 1.29 bits per heavy atom. The lowest BCUT2D eigenvalue weighted by Gasteiger charge is -2.26. The van der Waals surface area contributed by atoms with Gasteiger partial charge in [0.15, 0.2) is 0 Å². The van der Waals surface area contributed by atoms with Crippen molar-refractivity contribution in [2.24, 2.45) is 0 Å². The predicted octanol–water partition coefficient (Wildman–Crippen LogP) is 0.865. The Bertz CT molecular complexity index is 602. The molecule has 1 aliphatic heterocycles. The maximum atomic E-state index is 9.14. The van der Waals surface area contributed by atoms with Crippen molar-refractivity contribution in [2.75, 3.05) is 19.7 Å². The standard InChI is InChI=1S/C15H18BNO3S/c18-16(19)13-2-1-3-14(10-13)20-8-7-17-6-4-15-12(11-17)5-9-21-15/h1-3,5,9-10,18-19H,4,6-8,11H2. The minimum absolute atomic E-state index is 0.452. The van der Waals surface area contributed by atoms with E-state index in [-0.39, 0.29) is 0 Å². The Morgan fingerprint density at radius 3 is 3.05 bits per heavy atom. The third-order valence-corrected chi connectivity index (χ3v) is 4.74. The highest BCUT2D eigenvalue weighted by molar-refractivity contribution is 7.10. The van der Waals surface area contributed by atoms with Crippen LogP contribution >= 0.6 is 11.3 Å². The smallest absolute Gasteiger partial charge is 0.488 e. The molecule has 3 rings (SSSR count). The fraction of sp³-hybridized carbons (Fsp3) is 0.333. The molecule has 21 heavy (non-hydrogen) atoms. The first-order valence-electron chi connectivity index (χ1n) is 7.09. The van der Waals surface area contributed by atoms with Gasteiger partial charge in [0.2, 0.25) is 0 Å². The van der Waals surface area contributed by atoms with Gasteiger partial charge in [-0.15, -0.1) is 11.3 Å².